The SMILES string of the molecule is COc1ccccc1/C=C1\SC(=S)N(CCCCCC(=O)Nc2ccc(Cl)cc2)C1=O. The highest BCUT2D eigenvalue weighted by Crippen LogP contribution is 2.34. The number of thioether (sulfide) groups is 1. The second-order valence-electron chi connectivity index (χ2n) is 6.94. The molecule has 0 spiro atoms. The van der Waals surface area contributed by atoms with Crippen LogP contribution in [0.5, 0.6) is 5.75 Å². The Morgan fingerprint density at radius 2 is 1.90 bits per heavy atom. The molecule has 1 saturated heterocycles. The lowest BCUT2D eigenvalue weighted by Crippen LogP contribution is -2.29. The molecule has 0 atom stereocenters. The molecular formula is C23H23ClN2O3S2. The molecule has 1 heterocycles. The maximum Gasteiger partial charge on any atom is 0.266 e. The molecule has 2 aromatic carbocycles. The number of ether oxygens (including phenoxy) is 1. The summed E-state index contributed by atoms with van der Waals surface area (Å²) in [5, 5.41) is 3.48. The molecule has 0 unspecified atom stereocenters. The lowest BCUT2D eigenvalue weighted by molar-refractivity contribution is -0.122. The fourth-order valence-corrected chi connectivity index (χ4v) is 4.53. The van der Waals surface area contributed by atoms with Crippen LogP contribution in [0.3, 0.4) is 0 Å². The minimum atomic E-state index is -0.0820. The van der Waals surface area contributed by atoms with Gasteiger partial charge in [-0.2, -0.15) is 0 Å². The van der Waals surface area contributed by atoms with Crippen LogP contribution in [-0.4, -0.2) is 34.7 Å². The van der Waals surface area contributed by atoms with Crippen LogP contribution in [0.1, 0.15) is 31.2 Å². The number of thiocarbonyl (C=S) groups is 1. The number of nitrogens with one attached hydrogen (secondary N) is 1. The van der Waals surface area contributed by atoms with Crippen LogP contribution in [0.4, 0.5) is 5.69 Å². The summed E-state index contributed by atoms with van der Waals surface area (Å²) in [6, 6.07) is 14.6. The molecule has 1 aliphatic heterocycles. The molecule has 1 aliphatic rings. The summed E-state index contributed by atoms with van der Waals surface area (Å²) in [6.07, 6.45) is 4.60. The molecule has 0 aliphatic carbocycles. The van der Waals surface area contributed by atoms with E-state index in [0.717, 1.165) is 30.5 Å². The number of hydrogen-bond acceptors (Lipinski definition) is 5. The first kappa shape index (κ1) is 23.3. The summed E-state index contributed by atoms with van der Waals surface area (Å²) in [7, 11) is 1.60. The van der Waals surface area contributed by atoms with E-state index in [-0.39, 0.29) is 11.8 Å². The van der Waals surface area contributed by atoms with Gasteiger partial charge in [0.05, 0.1) is 12.0 Å². The van der Waals surface area contributed by atoms with Crippen LogP contribution in [0, 0.1) is 0 Å². The van der Waals surface area contributed by atoms with Crippen LogP contribution < -0.4 is 10.1 Å². The van der Waals surface area contributed by atoms with Crippen molar-refractivity contribution in [3.8, 4) is 5.75 Å². The molecule has 31 heavy (non-hydrogen) atoms. The summed E-state index contributed by atoms with van der Waals surface area (Å²) < 4.78 is 5.91. The van der Waals surface area contributed by atoms with Crippen molar-refractivity contribution < 1.29 is 14.3 Å². The maximum absolute atomic E-state index is 12.8. The van der Waals surface area contributed by atoms with E-state index in [1.807, 2.05) is 30.3 Å². The molecule has 2 aromatic rings. The van der Waals surface area contributed by atoms with Crippen LogP contribution in [-0.2, 0) is 9.59 Å². The molecule has 0 aromatic heterocycles. The summed E-state index contributed by atoms with van der Waals surface area (Å²) in [5.41, 5.74) is 1.57. The molecule has 2 amide bonds. The van der Waals surface area contributed by atoms with Crippen LogP contribution in [0.25, 0.3) is 6.08 Å². The summed E-state index contributed by atoms with van der Waals surface area (Å²) in [5.74, 6) is 0.596. The second kappa shape index (κ2) is 11.3. The van der Waals surface area contributed by atoms with Crippen molar-refractivity contribution in [2.45, 2.75) is 25.7 Å². The monoisotopic (exact) mass is 474 g/mol. The number of rotatable bonds is 9. The Kier molecular flexibility index (Phi) is 8.51. The van der Waals surface area contributed by atoms with Gasteiger partial charge in [-0.25, -0.2) is 0 Å². The van der Waals surface area contributed by atoms with Gasteiger partial charge < -0.3 is 10.1 Å². The van der Waals surface area contributed by atoms with E-state index in [9.17, 15) is 9.59 Å². The summed E-state index contributed by atoms with van der Waals surface area (Å²) >= 11 is 12.5. The van der Waals surface area contributed by atoms with E-state index in [1.54, 1.807) is 36.3 Å². The molecule has 0 saturated carbocycles. The van der Waals surface area contributed by atoms with Gasteiger partial charge in [0.2, 0.25) is 5.91 Å². The Labute approximate surface area is 196 Å². The molecular weight excluding hydrogens is 452 g/mol. The smallest absolute Gasteiger partial charge is 0.266 e. The molecule has 0 radical (unpaired) electrons. The molecule has 5 nitrogen and oxygen atoms in total. The van der Waals surface area contributed by atoms with E-state index in [0.29, 0.717) is 33.0 Å². The van der Waals surface area contributed by atoms with Gasteiger partial charge in [0.1, 0.15) is 10.1 Å². The van der Waals surface area contributed by atoms with Crippen molar-refractivity contribution in [1.82, 2.24) is 4.90 Å². The third kappa shape index (κ3) is 6.56. The first-order valence-corrected chi connectivity index (χ1v) is 11.5. The van der Waals surface area contributed by atoms with E-state index < -0.39 is 0 Å². The van der Waals surface area contributed by atoms with Gasteiger partial charge in [-0.05, 0) is 49.2 Å². The van der Waals surface area contributed by atoms with Gasteiger partial charge >= 0.3 is 0 Å². The highest BCUT2D eigenvalue weighted by atomic mass is 35.5. The van der Waals surface area contributed by atoms with Crippen molar-refractivity contribution >= 4 is 63.5 Å². The fraction of sp³-hybridized carbons (Fsp3) is 0.261. The largest absolute Gasteiger partial charge is 0.496 e. The Bertz CT molecular complexity index is 993. The van der Waals surface area contributed by atoms with Crippen LogP contribution in [0.15, 0.2) is 53.4 Å². The van der Waals surface area contributed by atoms with E-state index in [1.165, 1.54) is 11.8 Å². The number of amides is 2. The molecule has 1 fully saturated rings. The highest BCUT2D eigenvalue weighted by Gasteiger charge is 2.31. The number of anilines is 1. The maximum atomic E-state index is 12.8. The zero-order valence-electron chi connectivity index (χ0n) is 17.1. The Morgan fingerprint density at radius 3 is 2.65 bits per heavy atom. The molecule has 8 heteroatoms. The lowest BCUT2D eigenvalue weighted by Gasteiger charge is -2.14. The number of carbonyl (C=O) groups excluding carboxylic acids is 2. The van der Waals surface area contributed by atoms with Crippen molar-refractivity contribution in [2.24, 2.45) is 0 Å². The number of para-hydroxylation sites is 1. The lowest BCUT2D eigenvalue weighted by atomic mass is 10.1. The highest BCUT2D eigenvalue weighted by molar-refractivity contribution is 8.26. The van der Waals surface area contributed by atoms with Gasteiger partial charge in [0.15, 0.2) is 0 Å². The van der Waals surface area contributed by atoms with Crippen molar-refractivity contribution in [1.29, 1.82) is 0 Å². The Balaban J connectivity index is 1.44. The second-order valence-corrected chi connectivity index (χ2v) is 9.05. The summed E-state index contributed by atoms with van der Waals surface area (Å²) in [4.78, 5) is 27.0. The van der Waals surface area contributed by atoms with Gasteiger partial charge in [0, 0.05) is 29.2 Å². The fourth-order valence-electron chi connectivity index (χ4n) is 3.11. The van der Waals surface area contributed by atoms with Gasteiger partial charge in [-0.3, -0.25) is 14.5 Å². The number of hydrogen-bond donors (Lipinski definition) is 1. The van der Waals surface area contributed by atoms with Gasteiger partial charge in [0.25, 0.3) is 5.91 Å². The number of carbonyl (C=O) groups is 2. The average molecular weight is 475 g/mol. The third-order valence-electron chi connectivity index (χ3n) is 4.71. The van der Waals surface area contributed by atoms with Crippen LogP contribution in [0.2, 0.25) is 5.02 Å². The Morgan fingerprint density at radius 1 is 1.16 bits per heavy atom. The predicted molar refractivity (Wildman–Crippen MR) is 131 cm³/mol. The normalized spacial score (nSPS) is 14.9. The minimum Gasteiger partial charge on any atom is -0.496 e. The van der Waals surface area contributed by atoms with E-state index >= 15 is 0 Å². The number of benzene rings is 2. The van der Waals surface area contributed by atoms with E-state index in [4.69, 9.17) is 28.6 Å². The minimum absolute atomic E-state index is 0.0346. The van der Waals surface area contributed by atoms with Gasteiger partial charge in [-0.1, -0.05) is 60.2 Å². The quantitative estimate of drug-likeness (QED) is 0.285. The van der Waals surface area contributed by atoms with Gasteiger partial charge in [-0.15, -0.1) is 0 Å². The first-order valence-electron chi connectivity index (χ1n) is 9.92. The number of methoxy groups -OCH3 is 1. The standard InChI is InChI=1S/C23H23ClN2O3S2/c1-29-19-8-5-4-7-16(19)15-20-22(28)26(23(30)31-20)14-6-2-3-9-21(27)25-18-12-10-17(24)11-13-18/h4-5,7-8,10-13,15H,2-3,6,9,14H2,1H3,(H,25,27)/b20-15-. The van der Waals surface area contributed by atoms with Crippen molar-refractivity contribution in [2.75, 3.05) is 19.0 Å². The third-order valence-corrected chi connectivity index (χ3v) is 6.34. The number of halogens is 1. The number of nitrogens with zero attached hydrogens (tertiary/aromatic N) is 1. The van der Waals surface area contributed by atoms with Crippen molar-refractivity contribution in [3.05, 3.63) is 64.0 Å². The Hall–Kier alpha value is -2.35. The molecule has 0 bridgehead atoms. The zero-order valence-corrected chi connectivity index (χ0v) is 19.5. The van der Waals surface area contributed by atoms with Crippen LogP contribution >= 0.6 is 35.6 Å². The zero-order chi connectivity index (χ0) is 22.2. The molecule has 3 rings (SSSR count). The van der Waals surface area contributed by atoms with Crippen molar-refractivity contribution in [3.63, 3.8) is 0 Å². The summed E-state index contributed by atoms with van der Waals surface area (Å²) in [6.45, 7) is 0.548. The predicted octanol–water partition coefficient (Wildman–Crippen LogP) is 5.75. The number of unbranched alkanes of at least 4 members (excludes halogenated alkanes) is 2. The first-order chi connectivity index (χ1) is 15.0. The topological polar surface area (TPSA) is 58.6 Å². The average Bonchev–Trinajstić information content (AvgIpc) is 3.02. The molecule has 1 N–H and O–H groups in total. The molecule has 162 valence electrons. The van der Waals surface area contributed by atoms with E-state index in [2.05, 4.69) is 5.32 Å².